The summed E-state index contributed by atoms with van der Waals surface area (Å²) in [7, 11) is 3.28. The molecule has 0 unspecified atom stereocenters. The molecule has 1 rings (SSSR count). The lowest BCUT2D eigenvalue weighted by Crippen LogP contribution is -1.89. The molecule has 0 fully saturated rings. The van der Waals surface area contributed by atoms with Gasteiger partial charge in [0, 0.05) is 11.6 Å². The second-order valence-electron chi connectivity index (χ2n) is 3.29. The van der Waals surface area contributed by atoms with Gasteiger partial charge in [0.25, 0.3) is 0 Å². The summed E-state index contributed by atoms with van der Waals surface area (Å²) in [5.74, 6) is 1.59. The summed E-state index contributed by atoms with van der Waals surface area (Å²) in [5.41, 5.74) is 2.02. The van der Waals surface area contributed by atoms with Gasteiger partial charge in [-0.2, -0.15) is 0 Å². The fourth-order valence-corrected chi connectivity index (χ4v) is 1.19. The maximum Gasteiger partial charge on any atom is 0.129 e. The number of ether oxygens (including phenoxy) is 2. The predicted molar refractivity (Wildman–Crippen MR) is 63.4 cm³/mol. The molecule has 0 aliphatic rings. The molecule has 1 aromatic rings. The number of allylic oxidation sites excluding steroid dienone is 2. The Balaban J connectivity index is 3.02. The minimum Gasteiger partial charge on any atom is -0.497 e. The van der Waals surface area contributed by atoms with Crippen LogP contribution in [-0.4, -0.2) is 14.2 Å². The molecule has 0 aliphatic heterocycles. The van der Waals surface area contributed by atoms with Gasteiger partial charge in [0.15, 0.2) is 0 Å². The van der Waals surface area contributed by atoms with Gasteiger partial charge in [0.1, 0.15) is 11.5 Å². The van der Waals surface area contributed by atoms with Gasteiger partial charge in [-0.3, -0.25) is 0 Å². The molecular weight excluding hydrogens is 188 g/mol. The third kappa shape index (κ3) is 3.17. The van der Waals surface area contributed by atoms with E-state index < -0.39 is 0 Å². The smallest absolute Gasteiger partial charge is 0.129 e. The molecule has 0 radical (unpaired) electrons. The maximum absolute atomic E-state index is 5.26. The Hall–Kier alpha value is -1.70. The maximum atomic E-state index is 5.26. The highest BCUT2D eigenvalue weighted by molar-refractivity contribution is 5.60. The van der Waals surface area contributed by atoms with Gasteiger partial charge >= 0.3 is 0 Å². The van der Waals surface area contributed by atoms with Crippen molar-refractivity contribution in [1.29, 1.82) is 0 Å². The number of methoxy groups -OCH3 is 2. The molecule has 0 aromatic heterocycles. The van der Waals surface area contributed by atoms with Crippen LogP contribution >= 0.6 is 0 Å². The van der Waals surface area contributed by atoms with Crippen LogP contribution in [0, 0.1) is 0 Å². The normalized spacial score (nSPS) is 10.3. The van der Waals surface area contributed by atoms with E-state index in [1.165, 1.54) is 0 Å². The lowest BCUT2D eigenvalue weighted by atomic mass is 10.1. The Kier molecular flexibility index (Phi) is 3.98. The molecule has 15 heavy (non-hydrogen) atoms. The minimum absolute atomic E-state index is 0.791. The molecule has 0 saturated heterocycles. The van der Waals surface area contributed by atoms with Crippen LogP contribution in [0.3, 0.4) is 0 Å². The average molecular weight is 204 g/mol. The molecule has 0 N–H and O–H groups in total. The molecule has 0 atom stereocenters. The first-order chi connectivity index (χ1) is 7.17. The topological polar surface area (TPSA) is 18.5 Å². The van der Waals surface area contributed by atoms with Crippen molar-refractivity contribution < 1.29 is 9.47 Å². The van der Waals surface area contributed by atoms with Crippen molar-refractivity contribution in [1.82, 2.24) is 0 Å². The van der Waals surface area contributed by atoms with Gasteiger partial charge in [0.05, 0.1) is 14.2 Å². The van der Waals surface area contributed by atoms with Crippen LogP contribution in [0.25, 0.3) is 6.08 Å². The Bertz CT molecular complexity index is 378. The first-order valence-electron chi connectivity index (χ1n) is 4.73. The molecule has 80 valence electrons. The average Bonchev–Trinajstić information content (AvgIpc) is 2.25. The van der Waals surface area contributed by atoms with E-state index in [0.717, 1.165) is 22.6 Å². The van der Waals surface area contributed by atoms with Crippen LogP contribution in [-0.2, 0) is 0 Å². The van der Waals surface area contributed by atoms with E-state index in [2.05, 4.69) is 6.58 Å². The molecule has 0 saturated carbocycles. The van der Waals surface area contributed by atoms with E-state index in [9.17, 15) is 0 Å². The summed E-state index contributed by atoms with van der Waals surface area (Å²) in [5, 5.41) is 0. The van der Waals surface area contributed by atoms with Crippen molar-refractivity contribution in [3.8, 4) is 11.5 Å². The fraction of sp³-hybridized carbons (Fsp3) is 0.231. The van der Waals surface area contributed by atoms with E-state index in [-0.39, 0.29) is 0 Å². The summed E-state index contributed by atoms with van der Waals surface area (Å²) in [6, 6.07) is 5.72. The van der Waals surface area contributed by atoms with Crippen LogP contribution < -0.4 is 9.47 Å². The van der Waals surface area contributed by atoms with Gasteiger partial charge in [-0.1, -0.05) is 24.3 Å². The van der Waals surface area contributed by atoms with E-state index in [1.807, 2.05) is 37.3 Å². The Morgan fingerprint density at radius 3 is 2.53 bits per heavy atom. The Labute approximate surface area is 90.8 Å². The molecule has 2 nitrogen and oxygen atoms in total. The van der Waals surface area contributed by atoms with Gasteiger partial charge < -0.3 is 9.47 Å². The van der Waals surface area contributed by atoms with Gasteiger partial charge in [-0.05, 0) is 19.1 Å². The number of hydrogen-bond donors (Lipinski definition) is 0. The summed E-state index contributed by atoms with van der Waals surface area (Å²) in [6.07, 6.45) is 3.92. The van der Waals surface area contributed by atoms with Crippen LogP contribution in [0.5, 0.6) is 11.5 Å². The SMILES string of the molecule is C=C(C)/C=C/c1ccc(OC)cc1OC. The van der Waals surface area contributed by atoms with E-state index in [4.69, 9.17) is 9.47 Å². The zero-order chi connectivity index (χ0) is 11.3. The monoisotopic (exact) mass is 204 g/mol. The molecule has 0 amide bonds. The van der Waals surface area contributed by atoms with Gasteiger partial charge in [0.2, 0.25) is 0 Å². The third-order valence-corrected chi connectivity index (χ3v) is 1.99. The van der Waals surface area contributed by atoms with Crippen molar-refractivity contribution in [2.45, 2.75) is 6.92 Å². The van der Waals surface area contributed by atoms with Gasteiger partial charge in [-0.25, -0.2) is 0 Å². The molecule has 0 bridgehead atoms. The van der Waals surface area contributed by atoms with Crippen molar-refractivity contribution in [2.75, 3.05) is 14.2 Å². The highest BCUT2D eigenvalue weighted by Crippen LogP contribution is 2.25. The fourth-order valence-electron chi connectivity index (χ4n) is 1.19. The Morgan fingerprint density at radius 2 is 2.00 bits per heavy atom. The highest BCUT2D eigenvalue weighted by Gasteiger charge is 2.01. The highest BCUT2D eigenvalue weighted by atomic mass is 16.5. The van der Waals surface area contributed by atoms with Gasteiger partial charge in [-0.15, -0.1) is 0 Å². The summed E-state index contributed by atoms with van der Waals surface area (Å²) in [6.45, 7) is 5.76. The van der Waals surface area contributed by atoms with Crippen LogP contribution in [0.15, 0.2) is 36.4 Å². The Morgan fingerprint density at radius 1 is 1.27 bits per heavy atom. The standard InChI is InChI=1S/C13H16O2/c1-10(2)5-6-11-7-8-12(14-3)9-13(11)15-4/h5-9H,1H2,2-4H3/b6-5+. The second-order valence-corrected chi connectivity index (χ2v) is 3.29. The number of hydrogen-bond acceptors (Lipinski definition) is 2. The van der Waals surface area contributed by atoms with Crippen LogP contribution in [0.2, 0.25) is 0 Å². The minimum atomic E-state index is 0.791. The van der Waals surface area contributed by atoms with Crippen LogP contribution in [0.4, 0.5) is 0 Å². The number of benzene rings is 1. The van der Waals surface area contributed by atoms with Crippen LogP contribution in [0.1, 0.15) is 12.5 Å². The molecule has 0 aliphatic carbocycles. The van der Waals surface area contributed by atoms with E-state index >= 15 is 0 Å². The van der Waals surface area contributed by atoms with Crippen molar-refractivity contribution in [3.63, 3.8) is 0 Å². The van der Waals surface area contributed by atoms with Crippen molar-refractivity contribution >= 4 is 6.08 Å². The second kappa shape index (κ2) is 5.25. The van der Waals surface area contributed by atoms with Crippen molar-refractivity contribution in [2.24, 2.45) is 0 Å². The summed E-state index contributed by atoms with van der Waals surface area (Å²) < 4.78 is 10.4. The quantitative estimate of drug-likeness (QED) is 0.701. The zero-order valence-corrected chi connectivity index (χ0v) is 9.41. The summed E-state index contributed by atoms with van der Waals surface area (Å²) in [4.78, 5) is 0. The van der Waals surface area contributed by atoms with E-state index in [1.54, 1.807) is 14.2 Å². The first-order valence-corrected chi connectivity index (χ1v) is 4.73. The third-order valence-electron chi connectivity index (χ3n) is 1.99. The van der Waals surface area contributed by atoms with E-state index in [0.29, 0.717) is 0 Å². The molecule has 2 heteroatoms. The molecule has 1 aromatic carbocycles. The molecular formula is C13H16O2. The lowest BCUT2D eigenvalue weighted by Gasteiger charge is -2.07. The molecule has 0 spiro atoms. The predicted octanol–water partition coefficient (Wildman–Crippen LogP) is 3.29. The summed E-state index contributed by atoms with van der Waals surface area (Å²) >= 11 is 0. The first kappa shape index (κ1) is 11.4. The van der Waals surface area contributed by atoms with Crippen molar-refractivity contribution in [3.05, 3.63) is 42.0 Å². The zero-order valence-electron chi connectivity index (χ0n) is 9.41. The number of rotatable bonds is 4. The largest absolute Gasteiger partial charge is 0.497 e. The lowest BCUT2D eigenvalue weighted by molar-refractivity contribution is 0.394. The molecule has 0 heterocycles.